The lowest BCUT2D eigenvalue weighted by Crippen LogP contribution is -2.52. The number of hydrogen-bond donors (Lipinski definition) is 2. The molecular formula is C10H17F3N2O2. The summed E-state index contributed by atoms with van der Waals surface area (Å²) in [5.41, 5.74) is -2.29. The largest absolute Gasteiger partial charge is 0.404 e. The number of amides is 1. The van der Waals surface area contributed by atoms with E-state index in [1.54, 1.807) is 0 Å². The van der Waals surface area contributed by atoms with Crippen LogP contribution in [0.4, 0.5) is 13.2 Å². The van der Waals surface area contributed by atoms with E-state index in [9.17, 15) is 18.0 Å². The highest BCUT2D eigenvalue weighted by atomic mass is 19.4. The van der Waals surface area contributed by atoms with Gasteiger partial charge in [-0.05, 0) is 19.4 Å². The summed E-state index contributed by atoms with van der Waals surface area (Å²) in [7, 11) is 1.34. The predicted molar refractivity (Wildman–Crippen MR) is 55.3 cm³/mol. The lowest BCUT2D eigenvalue weighted by molar-refractivity contribution is -0.221. The van der Waals surface area contributed by atoms with Crippen LogP contribution in [0.15, 0.2) is 0 Å². The monoisotopic (exact) mass is 254 g/mol. The van der Waals surface area contributed by atoms with E-state index in [0.29, 0.717) is 0 Å². The van der Waals surface area contributed by atoms with Gasteiger partial charge in [0.15, 0.2) is 5.41 Å². The predicted octanol–water partition coefficient (Wildman–Crippen LogP) is 0.369. The maximum absolute atomic E-state index is 13.0. The first-order valence-corrected chi connectivity index (χ1v) is 5.49. The fourth-order valence-electron chi connectivity index (χ4n) is 2.01. The molecule has 1 aliphatic rings. The molecule has 0 aromatic heterocycles. The van der Waals surface area contributed by atoms with Crippen LogP contribution in [-0.4, -0.2) is 55.4 Å². The molecule has 17 heavy (non-hydrogen) atoms. The Morgan fingerprint density at radius 3 is 2.59 bits per heavy atom. The molecule has 2 N–H and O–H groups in total. The summed E-state index contributed by atoms with van der Waals surface area (Å²) in [5.74, 6) is -0.913. The van der Waals surface area contributed by atoms with Crippen molar-refractivity contribution in [1.82, 2.24) is 10.2 Å². The molecule has 0 bridgehead atoms. The van der Waals surface area contributed by atoms with Gasteiger partial charge in [0, 0.05) is 26.7 Å². The van der Waals surface area contributed by atoms with Crippen molar-refractivity contribution in [3.8, 4) is 0 Å². The van der Waals surface area contributed by atoms with Gasteiger partial charge in [-0.25, -0.2) is 0 Å². The summed E-state index contributed by atoms with van der Waals surface area (Å²) in [6.07, 6.45) is -4.48. The van der Waals surface area contributed by atoms with E-state index in [2.05, 4.69) is 5.32 Å². The minimum absolute atomic E-state index is 0.132. The Hall–Kier alpha value is -0.820. The maximum Gasteiger partial charge on any atom is 0.404 e. The van der Waals surface area contributed by atoms with Gasteiger partial charge in [0.1, 0.15) is 0 Å². The number of aliphatic hydroxyl groups is 1. The molecule has 100 valence electrons. The molecule has 1 heterocycles. The zero-order valence-corrected chi connectivity index (χ0v) is 9.68. The molecule has 1 amide bonds. The molecular weight excluding hydrogens is 237 g/mol. The van der Waals surface area contributed by atoms with Gasteiger partial charge in [-0.15, -0.1) is 0 Å². The number of rotatable bonds is 4. The van der Waals surface area contributed by atoms with Crippen LogP contribution >= 0.6 is 0 Å². The van der Waals surface area contributed by atoms with Gasteiger partial charge in [-0.3, -0.25) is 4.79 Å². The summed E-state index contributed by atoms with van der Waals surface area (Å²) in [5, 5.41) is 11.2. The van der Waals surface area contributed by atoms with Crippen molar-refractivity contribution in [1.29, 1.82) is 0 Å². The van der Waals surface area contributed by atoms with Gasteiger partial charge >= 0.3 is 6.18 Å². The molecule has 1 saturated heterocycles. The summed E-state index contributed by atoms with van der Waals surface area (Å²) in [6, 6.07) is 0. The molecule has 0 saturated carbocycles. The highest BCUT2D eigenvalue weighted by Gasteiger charge is 2.62. The van der Waals surface area contributed by atoms with Gasteiger partial charge in [0.2, 0.25) is 5.91 Å². The Labute approximate surface area is 97.8 Å². The number of halogens is 3. The van der Waals surface area contributed by atoms with Crippen molar-refractivity contribution in [2.75, 3.05) is 33.3 Å². The molecule has 1 unspecified atom stereocenters. The second kappa shape index (κ2) is 5.22. The number of aliphatic hydroxyl groups excluding tert-OH is 1. The molecule has 1 atom stereocenters. The summed E-state index contributed by atoms with van der Waals surface area (Å²) < 4.78 is 39.0. The third-order valence-electron chi connectivity index (χ3n) is 3.11. The number of hydrogen-bond acceptors (Lipinski definition) is 3. The van der Waals surface area contributed by atoms with E-state index in [0.717, 1.165) is 4.90 Å². The number of carbonyl (C=O) groups is 1. The van der Waals surface area contributed by atoms with E-state index in [4.69, 9.17) is 5.11 Å². The number of carbonyl (C=O) groups excluding carboxylic acids is 1. The van der Waals surface area contributed by atoms with Crippen LogP contribution in [0.3, 0.4) is 0 Å². The minimum Gasteiger partial charge on any atom is -0.396 e. The van der Waals surface area contributed by atoms with Gasteiger partial charge < -0.3 is 15.3 Å². The number of alkyl halides is 3. The molecule has 0 aromatic rings. The minimum atomic E-state index is -4.54. The summed E-state index contributed by atoms with van der Waals surface area (Å²) in [6.45, 7) is -0.181. The fourth-order valence-corrected chi connectivity index (χ4v) is 2.01. The molecule has 0 aromatic carbocycles. The van der Waals surface area contributed by atoms with Crippen LogP contribution in [-0.2, 0) is 4.79 Å². The Bertz CT molecular complexity index is 275. The SMILES string of the molecule is CN(CCCO)C(=O)C1(C(F)(F)F)CCNC1. The summed E-state index contributed by atoms with van der Waals surface area (Å²) >= 11 is 0. The molecule has 1 rings (SSSR count). The number of nitrogens with zero attached hydrogens (tertiary/aromatic N) is 1. The third kappa shape index (κ3) is 2.71. The van der Waals surface area contributed by atoms with Crippen molar-refractivity contribution in [3.63, 3.8) is 0 Å². The zero-order chi connectivity index (χ0) is 13.1. The molecule has 0 radical (unpaired) electrons. The van der Waals surface area contributed by atoms with E-state index < -0.39 is 17.5 Å². The standard InChI is InChI=1S/C10H17F3N2O2/c1-15(5-2-6-16)8(17)9(10(11,12)13)3-4-14-7-9/h14,16H,2-7H2,1H3. The van der Waals surface area contributed by atoms with Crippen LogP contribution in [0, 0.1) is 5.41 Å². The molecule has 4 nitrogen and oxygen atoms in total. The first kappa shape index (κ1) is 14.2. The van der Waals surface area contributed by atoms with E-state index >= 15 is 0 Å². The molecule has 0 aliphatic carbocycles. The van der Waals surface area contributed by atoms with Crippen LogP contribution < -0.4 is 5.32 Å². The second-order valence-electron chi connectivity index (χ2n) is 4.31. The van der Waals surface area contributed by atoms with Crippen LogP contribution in [0.1, 0.15) is 12.8 Å². The molecule has 7 heteroatoms. The first-order valence-electron chi connectivity index (χ1n) is 5.49. The van der Waals surface area contributed by atoms with Crippen molar-refractivity contribution in [3.05, 3.63) is 0 Å². The van der Waals surface area contributed by atoms with Crippen LogP contribution in [0.2, 0.25) is 0 Å². The molecule has 0 spiro atoms. The highest BCUT2D eigenvalue weighted by molar-refractivity contribution is 5.84. The van der Waals surface area contributed by atoms with Crippen LogP contribution in [0.25, 0.3) is 0 Å². The first-order chi connectivity index (χ1) is 7.85. The average molecular weight is 254 g/mol. The Kier molecular flexibility index (Phi) is 4.37. The normalized spacial score (nSPS) is 25.0. The van der Waals surface area contributed by atoms with Crippen LogP contribution in [0.5, 0.6) is 0 Å². The van der Waals surface area contributed by atoms with E-state index in [-0.39, 0.29) is 39.1 Å². The second-order valence-corrected chi connectivity index (χ2v) is 4.31. The summed E-state index contributed by atoms with van der Waals surface area (Å²) in [4.78, 5) is 13.0. The van der Waals surface area contributed by atoms with Crippen molar-refractivity contribution < 1.29 is 23.1 Å². The van der Waals surface area contributed by atoms with Crippen molar-refractivity contribution in [2.45, 2.75) is 19.0 Å². The smallest absolute Gasteiger partial charge is 0.396 e. The van der Waals surface area contributed by atoms with Crippen molar-refractivity contribution in [2.24, 2.45) is 5.41 Å². The van der Waals surface area contributed by atoms with Crippen molar-refractivity contribution >= 4 is 5.91 Å². The zero-order valence-electron chi connectivity index (χ0n) is 9.68. The fraction of sp³-hybridized carbons (Fsp3) is 0.900. The van der Waals surface area contributed by atoms with Gasteiger partial charge in [-0.1, -0.05) is 0 Å². The average Bonchev–Trinajstić information content (AvgIpc) is 2.74. The van der Waals surface area contributed by atoms with Gasteiger partial charge in [-0.2, -0.15) is 13.2 Å². The Balaban J connectivity index is 2.81. The van der Waals surface area contributed by atoms with E-state index in [1.807, 2.05) is 0 Å². The maximum atomic E-state index is 13.0. The van der Waals surface area contributed by atoms with Gasteiger partial charge in [0.05, 0.1) is 0 Å². The van der Waals surface area contributed by atoms with Gasteiger partial charge in [0.25, 0.3) is 0 Å². The quantitative estimate of drug-likeness (QED) is 0.762. The highest BCUT2D eigenvalue weighted by Crippen LogP contribution is 2.44. The number of nitrogens with one attached hydrogen (secondary N) is 1. The molecule has 1 fully saturated rings. The van der Waals surface area contributed by atoms with E-state index in [1.165, 1.54) is 7.05 Å². The molecule has 1 aliphatic heterocycles. The lowest BCUT2D eigenvalue weighted by Gasteiger charge is -2.33. The third-order valence-corrected chi connectivity index (χ3v) is 3.11. The Morgan fingerprint density at radius 2 is 2.18 bits per heavy atom. The Morgan fingerprint density at radius 1 is 1.53 bits per heavy atom. The topological polar surface area (TPSA) is 52.6 Å². The lowest BCUT2D eigenvalue weighted by atomic mass is 9.84.